The lowest BCUT2D eigenvalue weighted by Crippen LogP contribution is -2.39. The number of carboxylic acid groups (broad SMARTS) is 1. The Bertz CT molecular complexity index is 942. The minimum atomic E-state index is -0.972. The Morgan fingerprint density at radius 1 is 1.10 bits per heavy atom. The van der Waals surface area contributed by atoms with Crippen molar-refractivity contribution in [1.29, 1.82) is 0 Å². The molecule has 29 heavy (non-hydrogen) atoms. The number of hydrogen-bond acceptors (Lipinski definition) is 4. The monoisotopic (exact) mass is 396 g/mol. The van der Waals surface area contributed by atoms with Crippen LogP contribution < -0.4 is 4.90 Å². The Morgan fingerprint density at radius 2 is 1.79 bits per heavy atom. The first-order chi connectivity index (χ1) is 14.0. The van der Waals surface area contributed by atoms with E-state index >= 15 is 0 Å². The highest BCUT2D eigenvalue weighted by atomic mass is 16.4. The molecule has 0 atom stereocenters. The van der Waals surface area contributed by atoms with Crippen molar-refractivity contribution in [3.8, 4) is 0 Å². The average molecular weight is 396 g/mol. The van der Waals surface area contributed by atoms with Crippen LogP contribution in [0.15, 0.2) is 30.5 Å². The van der Waals surface area contributed by atoms with Gasteiger partial charge in [-0.2, -0.15) is 5.10 Å². The summed E-state index contributed by atoms with van der Waals surface area (Å²) in [4.78, 5) is 39.5. The van der Waals surface area contributed by atoms with Crippen LogP contribution in [0.4, 0.5) is 5.69 Å². The molecule has 1 N–H and O–H groups in total. The van der Waals surface area contributed by atoms with E-state index < -0.39 is 5.97 Å². The van der Waals surface area contributed by atoms with E-state index in [0.717, 1.165) is 31.5 Å². The van der Waals surface area contributed by atoms with Crippen LogP contribution in [-0.4, -0.2) is 57.2 Å². The number of nitrogens with zero attached hydrogens (tertiary/aromatic N) is 4. The molecule has 2 aliphatic rings. The van der Waals surface area contributed by atoms with Gasteiger partial charge in [0.2, 0.25) is 5.91 Å². The fraction of sp³-hybridized carbons (Fsp3) is 0.429. The molecule has 1 aromatic carbocycles. The van der Waals surface area contributed by atoms with Crippen molar-refractivity contribution in [2.75, 3.05) is 24.5 Å². The minimum Gasteiger partial charge on any atom is -0.478 e. The van der Waals surface area contributed by atoms with Gasteiger partial charge >= 0.3 is 5.97 Å². The zero-order chi connectivity index (χ0) is 20.5. The Kier molecular flexibility index (Phi) is 5.08. The van der Waals surface area contributed by atoms with Crippen LogP contribution in [-0.2, 0) is 4.79 Å². The maximum Gasteiger partial charge on any atom is 0.339 e. The van der Waals surface area contributed by atoms with Crippen LogP contribution in [0.3, 0.4) is 0 Å². The summed E-state index contributed by atoms with van der Waals surface area (Å²) >= 11 is 0. The van der Waals surface area contributed by atoms with Gasteiger partial charge < -0.3 is 14.9 Å². The lowest BCUT2D eigenvalue weighted by molar-refractivity contribution is -0.117. The molecule has 0 bridgehead atoms. The third-order valence-corrected chi connectivity index (χ3v) is 5.87. The van der Waals surface area contributed by atoms with Gasteiger partial charge in [0.25, 0.3) is 5.91 Å². The summed E-state index contributed by atoms with van der Waals surface area (Å²) < 4.78 is 1.77. The molecule has 0 saturated carbocycles. The SMILES string of the molecule is Cc1c(C(=O)O)cnn1C1CCN(C(=O)c2ccc(N3CCCC3=O)cc2)CC1. The lowest BCUT2D eigenvalue weighted by Gasteiger charge is -2.32. The molecule has 8 nitrogen and oxygen atoms in total. The van der Waals surface area contributed by atoms with Gasteiger partial charge in [-0.05, 0) is 50.5 Å². The number of carboxylic acids is 1. The van der Waals surface area contributed by atoms with E-state index in [4.69, 9.17) is 0 Å². The number of anilines is 1. The highest BCUT2D eigenvalue weighted by Crippen LogP contribution is 2.26. The highest BCUT2D eigenvalue weighted by molar-refractivity contribution is 5.97. The minimum absolute atomic E-state index is 0.0221. The van der Waals surface area contributed by atoms with Gasteiger partial charge in [0.05, 0.1) is 17.9 Å². The number of carbonyl (C=O) groups excluding carboxylic acids is 2. The summed E-state index contributed by atoms with van der Waals surface area (Å²) in [5.41, 5.74) is 2.32. The van der Waals surface area contributed by atoms with Crippen molar-refractivity contribution < 1.29 is 19.5 Å². The molecular formula is C21H24N4O4. The largest absolute Gasteiger partial charge is 0.478 e. The van der Waals surface area contributed by atoms with Crippen LogP contribution in [0.25, 0.3) is 0 Å². The maximum atomic E-state index is 12.8. The molecule has 0 unspecified atom stereocenters. The van der Waals surface area contributed by atoms with Crippen LogP contribution in [0.2, 0.25) is 0 Å². The van der Waals surface area contributed by atoms with Gasteiger partial charge in [-0.15, -0.1) is 0 Å². The van der Waals surface area contributed by atoms with Crippen molar-refractivity contribution in [3.63, 3.8) is 0 Å². The molecule has 8 heteroatoms. The highest BCUT2D eigenvalue weighted by Gasteiger charge is 2.27. The molecule has 2 aromatic rings. The lowest BCUT2D eigenvalue weighted by atomic mass is 10.0. The molecular weight excluding hydrogens is 372 g/mol. The number of rotatable bonds is 4. The van der Waals surface area contributed by atoms with Gasteiger partial charge in [-0.1, -0.05) is 0 Å². The predicted octanol–water partition coefficient (Wildman–Crippen LogP) is 2.49. The molecule has 0 radical (unpaired) electrons. The third kappa shape index (κ3) is 3.62. The molecule has 2 amide bonds. The van der Waals surface area contributed by atoms with E-state index in [1.807, 2.05) is 17.0 Å². The van der Waals surface area contributed by atoms with E-state index in [-0.39, 0.29) is 23.4 Å². The van der Waals surface area contributed by atoms with Gasteiger partial charge in [0.1, 0.15) is 5.56 Å². The Labute approximate surface area is 168 Å². The Morgan fingerprint density at radius 3 is 2.34 bits per heavy atom. The standard InChI is InChI=1S/C21H24N4O4/c1-14-18(21(28)29)13-22-25(14)17-8-11-23(12-9-17)20(27)15-4-6-16(7-5-15)24-10-2-3-19(24)26/h4-7,13,17H,2-3,8-12H2,1H3,(H,28,29). The number of hydrogen-bond donors (Lipinski definition) is 1. The first kappa shape index (κ1) is 19.2. The summed E-state index contributed by atoms with van der Waals surface area (Å²) in [6, 6.07) is 7.34. The Balaban J connectivity index is 1.39. The average Bonchev–Trinajstić information content (AvgIpc) is 3.33. The van der Waals surface area contributed by atoms with Crippen molar-refractivity contribution in [1.82, 2.24) is 14.7 Å². The first-order valence-corrected chi connectivity index (χ1v) is 9.93. The first-order valence-electron chi connectivity index (χ1n) is 9.93. The van der Waals surface area contributed by atoms with Crippen LogP contribution in [0, 0.1) is 6.92 Å². The zero-order valence-corrected chi connectivity index (χ0v) is 16.4. The third-order valence-electron chi connectivity index (χ3n) is 5.87. The zero-order valence-electron chi connectivity index (χ0n) is 16.4. The van der Waals surface area contributed by atoms with E-state index in [9.17, 15) is 19.5 Å². The van der Waals surface area contributed by atoms with Gasteiger partial charge in [-0.3, -0.25) is 14.3 Å². The number of amides is 2. The molecule has 2 aliphatic heterocycles. The second kappa shape index (κ2) is 7.69. The molecule has 0 aliphatic carbocycles. The van der Waals surface area contributed by atoms with Crippen molar-refractivity contribution in [2.24, 2.45) is 0 Å². The molecule has 2 fully saturated rings. The van der Waals surface area contributed by atoms with E-state index in [2.05, 4.69) is 5.10 Å². The summed E-state index contributed by atoms with van der Waals surface area (Å²) in [6.07, 6.45) is 4.31. The van der Waals surface area contributed by atoms with E-state index in [0.29, 0.717) is 30.8 Å². The number of aromatic nitrogens is 2. The fourth-order valence-electron chi connectivity index (χ4n) is 4.20. The number of aromatic carboxylic acids is 1. The quantitative estimate of drug-likeness (QED) is 0.857. The van der Waals surface area contributed by atoms with E-state index in [1.54, 1.807) is 28.6 Å². The van der Waals surface area contributed by atoms with Crippen LogP contribution in [0.5, 0.6) is 0 Å². The van der Waals surface area contributed by atoms with Gasteiger partial charge in [-0.25, -0.2) is 4.79 Å². The van der Waals surface area contributed by atoms with Crippen molar-refractivity contribution in [2.45, 2.75) is 38.6 Å². The Hall–Kier alpha value is -3.16. The van der Waals surface area contributed by atoms with Crippen molar-refractivity contribution in [3.05, 3.63) is 47.3 Å². The topological polar surface area (TPSA) is 95.7 Å². The molecule has 0 spiro atoms. The van der Waals surface area contributed by atoms with Crippen LogP contribution in [0.1, 0.15) is 58.1 Å². The van der Waals surface area contributed by atoms with Crippen LogP contribution >= 0.6 is 0 Å². The number of likely N-dealkylation sites (tertiary alicyclic amines) is 1. The summed E-state index contributed by atoms with van der Waals surface area (Å²) in [5.74, 6) is -0.863. The maximum absolute atomic E-state index is 12.8. The molecule has 3 heterocycles. The second-order valence-electron chi connectivity index (χ2n) is 7.61. The molecule has 4 rings (SSSR count). The summed E-state index contributed by atoms with van der Waals surface area (Å²) in [5, 5.41) is 13.4. The molecule has 152 valence electrons. The number of carbonyl (C=O) groups is 3. The normalized spacial score (nSPS) is 17.8. The smallest absolute Gasteiger partial charge is 0.339 e. The van der Waals surface area contributed by atoms with E-state index in [1.165, 1.54) is 6.20 Å². The molecule has 1 aromatic heterocycles. The van der Waals surface area contributed by atoms with Crippen molar-refractivity contribution >= 4 is 23.5 Å². The number of piperidine rings is 1. The number of benzene rings is 1. The second-order valence-corrected chi connectivity index (χ2v) is 7.61. The predicted molar refractivity (Wildman–Crippen MR) is 106 cm³/mol. The summed E-state index contributed by atoms with van der Waals surface area (Å²) in [7, 11) is 0. The fourth-order valence-corrected chi connectivity index (χ4v) is 4.20. The van der Waals surface area contributed by atoms with Gasteiger partial charge in [0.15, 0.2) is 0 Å². The molecule has 2 saturated heterocycles. The summed E-state index contributed by atoms with van der Waals surface area (Å²) in [6.45, 7) is 3.69. The van der Waals surface area contributed by atoms with Gasteiger partial charge in [0, 0.05) is 37.3 Å².